The molecule has 0 aromatic heterocycles. The molecule has 1 N–H and O–H groups in total. The lowest BCUT2D eigenvalue weighted by Crippen LogP contribution is -2.54. The summed E-state index contributed by atoms with van der Waals surface area (Å²) in [4.78, 5) is 27.7. The van der Waals surface area contributed by atoms with Crippen LogP contribution in [0.5, 0.6) is 11.5 Å². The van der Waals surface area contributed by atoms with E-state index < -0.39 is 12.1 Å². The van der Waals surface area contributed by atoms with E-state index in [-0.39, 0.29) is 25.0 Å². The first-order valence-corrected chi connectivity index (χ1v) is 10.9. The summed E-state index contributed by atoms with van der Waals surface area (Å²) >= 11 is 0. The quantitative estimate of drug-likeness (QED) is 0.647. The number of benzene rings is 2. The maximum absolute atomic E-state index is 13.1. The predicted molar refractivity (Wildman–Crippen MR) is 121 cm³/mol. The monoisotopic (exact) mass is 440 g/mol. The van der Waals surface area contributed by atoms with Crippen molar-refractivity contribution in [3.05, 3.63) is 59.7 Å². The second-order valence-corrected chi connectivity index (χ2v) is 8.26. The van der Waals surface area contributed by atoms with Crippen LogP contribution in [0.3, 0.4) is 0 Å². The molecule has 1 heterocycles. The van der Waals surface area contributed by atoms with Crippen LogP contribution < -0.4 is 14.8 Å². The van der Waals surface area contributed by atoms with Crippen molar-refractivity contribution >= 4 is 11.8 Å². The highest BCUT2D eigenvalue weighted by Gasteiger charge is 2.41. The highest BCUT2D eigenvalue weighted by Crippen LogP contribution is 2.34. The van der Waals surface area contributed by atoms with Crippen molar-refractivity contribution in [3.8, 4) is 11.5 Å². The van der Waals surface area contributed by atoms with E-state index in [4.69, 9.17) is 14.2 Å². The van der Waals surface area contributed by atoms with Crippen molar-refractivity contribution in [1.82, 2.24) is 10.2 Å². The third-order valence-electron chi connectivity index (χ3n) is 5.58. The van der Waals surface area contributed by atoms with Crippen LogP contribution in [0.25, 0.3) is 0 Å². The lowest BCUT2D eigenvalue weighted by molar-refractivity contribution is -0.165. The van der Waals surface area contributed by atoms with Gasteiger partial charge in [-0.25, -0.2) is 0 Å². The Balaban J connectivity index is 1.92. The Morgan fingerprint density at radius 2 is 1.91 bits per heavy atom. The van der Waals surface area contributed by atoms with Gasteiger partial charge in [-0.3, -0.25) is 9.59 Å². The summed E-state index contributed by atoms with van der Waals surface area (Å²) in [7, 11) is 3.17. The summed E-state index contributed by atoms with van der Waals surface area (Å²) in [6.45, 7) is 4.92. The Kier molecular flexibility index (Phi) is 8.11. The molecule has 2 aromatic carbocycles. The van der Waals surface area contributed by atoms with Crippen molar-refractivity contribution in [2.45, 2.75) is 39.0 Å². The molecule has 2 aromatic rings. The van der Waals surface area contributed by atoms with Crippen molar-refractivity contribution < 1.29 is 23.8 Å². The molecule has 0 aliphatic carbocycles. The van der Waals surface area contributed by atoms with Gasteiger partial charge in [0.2, 0.25) is 5.91 Å². The van der Waals surface area contributed by atoms with E-state index >= 15 is 0 Å². The first-order chi connectivity index (χ1) is 15.4. The van der Waals surface area contributed by atoms with Gasteiger partial charge in [0.15, 0.2) is 6.10 Å². The van der Waals surface area contributed by atoms with Gasteiger partial charge in [0, 0.05) is 18.2 Å². The molecule has 0 bridgehead atoms. The molecule has 0 radical (unpaired) electrons. The Morgan fingerprint density at radius 3 is 2.56 bits per heavy atom. The average Bonchev–Trinajstić information content (AvgIpc) is 2.80. The van der Waals surface area contributed by atoms with Gasteiger partial charge in [-0.2, -0.15) is 0 Å². The second kappa shape index (κ2) is 11.0. The fraction of sp³-hybridized carbons (Fsp3) is 0.440. The van der Waals surface area contributed by atoms with E-state index in [0.29, 0.717) is 24.0 Å². The number of hydrogen-bond donors (Lipinski definition) is 1. The molecule has 172 valence electrons. The van der Waals surface area contributed by atoms with Gasteiger partial charge in [0.1, 0.15) is 18.1 Å². The van der Waals surface area contributed by atoms with Crippen LogP contribution in [0.2, 0.25) is 0 Å². The molecule has 7 heteroatoms. The summed E-state index contributed by atoms with van der Waals surface area (Å²) in [5.74, 6) is 1.38. The first-order valence-electron chi connectivity index (χ1n) is 10.9. The molecule has 1 saturated heterocycles. The smallest absolute Gasteiger partial charge is 0.251 e. The van der Waals surface area contributed by atoms with E-state index in [1.807, 2.05) is 42.5 Å². The van der Waals surface area contributed by atoms with Crippen LogP contribution in [-0.2, 0) is 20.9 Å². The molecule has 0 spiro atoms. The minimum Gasteiger partial charge on any atom is -0.497 e. The summed E-state index contributed by atoms with van der Waals surface area (Å²) in [5.41, 5.74) is 1.67. The van der Waals surface area contributed by atoms with Gasteiger partial charge in [-0.1, -0.05) is 44.2 Å². The average molecular weight is 441 g/mol. The fourth-order valence-electron chi connectivity index (χ4n) is 3.81. The number of amides is 2. The van der Waals surface area contributed by atoms with Crippen molar-refractivity contribution in [2.24, 2.45) is 5.92 Å². The van der Waals surface area contributed by atoms with Gasteiger partial charge in [0.05, 0.1) is 26.8 Å². The van der Waals surface area contributed by atoms with E-state index in [2.05, 4.69) is 19.2 Å². The van der Waals surface area contributed by atoms with Crippen molar-refractivity contribution in [3.63, 3.8) is 0 Å². The Bertz CT molecular complexity index is 916. The zero-order valence-corrected chi connectivity index (χ0v) is 19.2. The molecular weight excluding hydrogens is 408 g/mol. The molecule has 0 unspecified atom stereocenters. The van der Waals surface area contributed by atoms with Crippen LogP contribution in [0.1, 0.15) is 37.4 Å². The molecule has 1 fully saturated rings. The maximum Gasteiger partial charge on any atom is 0.251 e. The number of nitrogens with zero attached hydrogens (tertiary/aromatic N) is 1. The molecule has 1 aliphatic heterocycles. The Morgan fingerprint density at radius 1 is 1.16 bits per heavy atom. The number of hydrogen-bond acceptors (Lipinski definition) is 5. The van der Waals surface area contributed by atoms with Gasteiger partial charge in [0.25, 0.3) is 5.91 Å². The van der Waals surface area contributed by atoms with E-state index in [0.717, 1.165) is 17.5 Å². The first kappa shape index (κ1) is 23.6. The number of ether oxygens (including phenoxy) is 3. The van der Waals surface area contributed by atoms with Gasteiger partial charge < -0.3 is 24.4 Å². The van der Waals surface area contributed by atoms with Crippen molar-refractivity contribution in [2.75, 3.05) is 27.4 Å². The van der Waals surface area contributed by atoms with Gasteiger partial charge in [-0.05, 0) is 30.0 Å². The zero-order chi connectivity index (χ0) is 23.1. The molecule has 0 saturated carbocycles. The lowest BCUT2D eigenvalue weighted by Gasteiger charge is -2.40. The minimum atomic E-state index is -0.800. The Hall–Kier alpha value is -3.06. The number of rotatable bonds is 9. The standard InChI is InChI=1S/C25H32N2O5/c1-17(2)12-13-26-25(29)24-23(18-8-6-5-7-9-18)27(22(28)16-32-24)15-19-10-11-20(30-3)14-21(19)31-4/h5-11,14,17,23-24H,12-13,15-16H2,1-4H3,(H,26,29)/t23-,24+/m0/s1. The molecule has 1 aliphatic rings. The van der Waals surface area contributed by atoms with Crippen LogP contribution >= 0.6 is 0 Å². The highest BCUT2D eigenvalue weighted by molar-refractivity contribution is 5.86. The normalized spacial score (nSPS) is 18.5. The SMILES string of the molecule is COc1ccc(CN2C(=O)CO[C@@H](C(=O)NCCC(C)C)[C@@H]2c2ccccc2)c(OC)c1. The number of carbonyl (C=O) groups excluding carboxylic acids is 2. The fourth-order valence-corrected chi connectivity index (χ4v) is 3.81. The van der Waals surface area contributed by atoms with Crippen LogP contribution in [-0.4, -0.2) is 50.2 Å². The number of carbonyl (C=O) groups is 2. The molecule has 32 heavy (non-hydrogen) atoms. The molecule has 2 atom stereocenters. The van der Waals surface area contributed by atoms with Crippen molar-refractivity contribution in [1.29, 1.82) is 0 Å². The van der Waals surface area contributed by atoms with E-state index in [1.165, 1.54) is 0 Å². The summed E-state index contributed by atoms with van der Waals surface area (Å²) in [6, 6.07) is 14.5. The van der Waals surface area contributed by atoms with Gasteiger partial charge >= 0.3 is 0 Å². The molecule has 3 rings (SSSR count). The number of nitrogens with one attached hydrogen (secondary N) is 1. The summed E-state index contributed by atoms with van der Waals surface area (Å²) in [6.07, 6.45) is 0.0756. The molecule has 7 nitrogen and oxygen atoms in total. The number of morpholine rings is 1. The maximum atomic E-state index is 13.1. The highest BCUT2D eigenvalue weighted by atomic mass is 16.5. The molecule has 2 amide bonds. The summed E-state index contributed by atoms with van der Waals surface area (Å²) < 4.78 is 16.6. The number of methoxy groups -OCH3 is 2. The van der Waals surface area contributed by atoms with Crippen LogP contribution in [0.15, 0.2) is 48.5 Å². The molecular formula is C25H32N2O5. The van der Waals surface area contributed by atoms with Crippen LogP contribution in [0.4, 0.5) is 0 Å². The van der Waals surface area contributed by atoms with E-state index in [9.17, 15) is 9.59 Å². The Labute approximate surface area is 189 Å². The predicted octanol–water partition coefficient (Wildman–Crippen LogP) is 3.33. The largest absolute Gasteiger partial charge is 0.497 e. The van der Waals surface area contributed by atoms with Gasteiger partial charge in [-0.15, -0.1) is 0 Å². The third-order valence-corrected chi connectivity index (χ3v) is 5.58. The summed E-state index contributed by atoms with van der Waals surface area (Å²) in [5, 5.41) is 2.98. The van der Waals surface area contributed by atoms with Crippen LogP contribution in [0, 0.1) is 5.92 Å². The second-order valence-electron chi connectivity index (χ2n) is 8.26. The topological polar surface area (TPSA) is 77.1 Å². The van der Waals surface area contributed by atoms with E-state index in [1.54, 1.807) is 25.2 Å². The lowest BCUT2D eigenvalue weighted by atomic mass is 9.96. The minimum absolute atomic E-state index is 0.149. The zero-order valence-electron chi connectivity index (χ0n) is 19.2. The third kappa shape index (κ3) is 5.59.